The molecular weight excluding hydrogens is 494 g/mol. The molecule has 4 aromatic rings. The Bertz CT molecular complexity index is 1460. The van der Waals surface area contributed by atoms with Gasteiger partial charge in [0.2, 0.25) is 5.95 Å². The number of thiophene rings is 1. The molecule has 2 aromatic carbocycles. The molecule has 0 aliphatic carbocycles. The number of aromatic nitrogens is 2. The van der Waals surface area contributed by atoms with Crippen molar-refractivity contribution in [1.29, 1.82) is 0 Å². The van der Waals surface area contributed by atoms with Gasteiger partial charge in [-0.2, -0.15) is 5.10 Å². The summed E-state index contributed by atoms with van der Waals surface area (Å²) in [6.07, 6.45) is 5.65. The molecule has 0 radical (unpaired) electrons. The Labute approximate surface area is 228 Å². The van der Waals surface area contributed by atoms with Gasteiger partial charge in [-0.3, -0.25) is 5.01 Å². The van der Waals surface area contributed by atoms with E-state index in [9.17, 15) is 5.11 Å². The van der Waals surface area contributed by atoms with Gasteiger partial charge in [-0.1, -0.05) is 35.9 Å². The second-order valence-corrected chi connectivity index (χ2v) is 10.9. The molecule has 0 aliphatic heterocycles. The summed E-state index contributed by atoms with van der Waals surface area (Å²) in [6, 6.07) is 14.7. The van der Waals surface area contributed by atoms with Crippen LogP contribution in [0.1, 0.15) is 31.9 Å². The zero-order valence-corrected chi connectivity index (χ0v) is 23.5. The van der Waals surface area contributed by atoms with E-state index in [2.05, 4.69) is 59.4 Å². The molecule has 7 nitrogen and oxygen atoms in total. The minimum atomic E-state index is -0.923. The standard InChI is InChI=1S/C30H35N5O2S/c1-7-14-35(31-6)15-13-32-29-33-18-21(3)27(34-29)26-17-22-9-8-10-23(28(22)38-26)24-16-20(2)11-12-25(24)37-19-30(4,5)36/h7-12,14,16-18,36H,6,13,15,19H2,1-5H3,(H,32,33,34)/b14-7-. The Morgan fingerprint density at radius 1 is 1.18 bits per heavy atom. The molecule has 4 rings (SSSR count). The van der Waals surface area contributed by atoms with Crippen LogP contribution in [0, 0.1) is 13.8 Å². The lowest BCUT2D eigenvalue weighted by Gasteiger charge is -2.20. The highest BCUT2D eigenvalue weighted by molar-refractivity contribution is 7.22. The fraction of sp³-hybridized carbons (Fsp3) is 0.300. The van der Waals surface area contributed by atoms with Gasteiger partial charge >= 0.3 is 0 Å². The number of hydrazone groups is 1. The van der Waals surface area contributed by atoms with Crippen molar-refractivity contribution in [3.8, 4) is 27.4 Å². The van der Waals surface area contributed by atoms with Crippen molar-refractivity contribution in [2.45, 2.75) is 40.2 Å². The first-order valence-corrected chi connectivity index (χ1v) is 13.4. The Kier molecular flexibility index (Phi) is 8.44. The number of nitrogens with one attached hydrogen (secondary N) is 1. The van der Waals surface area contributed by atoms with Crippen LogP contribution < -0.4 is 10.1 Å². The van der Waals surface area contributed by atoms with Gasteiger partial charge in [-0.25, -0.2) is 9.97 Å². The lowest BCUT2D eigenvalue weighted by molar-refractivity contribution is 0.0287. The molecule has 38 heavy (non-hydrogen) atoms. The van der Waals surface area contributed by atoms with E-state index in [1.165, 1.54) is 0 Å². The lowest BCUT2D eigenvalue weighted by atomic mass is 10.0. The number of aliphatic hydroxyl groups is 1. The number of benzene rings is 2. The van der Waals surface area contributed by atoms with Crippen LogP contribution in [0.5, 0.6) is 5.75 Å². The minimum Gasteiger partial charge on any atom is -0.490 e. The quantitative estimate of drug-likeness (QED) is 0.167. The molecule has 0 spiro atoms. The first-order valence-electron chi connectivity index (χ1n) is 12.6. The highest BCUT2D eigenvalue weighted by Crippen LogP contribution is 2.42. The van der Waals surface area contributed by atoms with E-state index in [1.54, 1.807) is 30.2 Å². The number of hydrogen-bond donors (Lipinski definition) is 2. The van der Waals surface area contributed by atoms with Crippen molar-refractivity contribution < 1.29 is 9.84 Å². The number of nitrogens with zero attached hydrogens (tertiary/aromatic N) is 4. The van der Waals surface area contributed by atoms with E-state index in [4.69, 9.17) is 9.72 Å². The van der Waals surface area contributed by atoms with Crippen LogP contribution in [0.2, 0.25) is 0 Å². The van der Waals surface area contributed by atoms with Crippen molar-refractivity contribution in [1.82, 2.24) is 15.0 Å². The zero-order chi connectivity index (χ0) is 27.3. The molecule has 2 N–H and O–H groups in total. The third-order valence-electron chi connectivity index (χ3n) is 5.88. The molecule has 0 unspecified atom stereocenters. The Hall–Kier alpha value is -3.75. The topological polar surface area (TPSA) is 82.9 Å². The number of aryl methyl sites for hydroxylation is 2. The van der Waals surface area contributed by atoms with Gasteiger partial charge in [-0.15, -0.1) is 11.3 Å². The molecule has 8 heteroatoms. The number of ether oxygens (including phenoxy) is 1. The fourth-order valence-electron chi connectivity index (χ4n) is 4.05. The maximum atomic E-state index is 10.2. The third-order valence-corrected chi connectivity index (χ3v) is 7.07. The van der Waals surface area contributed by atoms with Crippen LogP contribution in [0.3, 0.4) is 0 Å². The fourth-order valence-corrected chi connectivity index (χ4v) is 5.29. The van der Waals surface area contributed by atoms with E-state index in [0.29, 0.717) is 19.0 Å². The highest BCUT2D eigenvalue weighted by atomic mass is 32.1. The van der Waals surface area contributed by atoms with Crippen LogP contribution in [0.4, 0.5) is 5.95 Å². The molecular formula is C30H35N5O2S. The normalized spacial score (nSPS) is 11.7. The number of rotatable bonds is 11. The largest absolute Gasteiger partial charge is 0.490 e. The van der Waals surface area contributed by atoms with Gasteiger partial charge in [0.05, 0.1) is 22.7 Å². The number of allylic oxidation sites excluding steroid dienone is 1. The second kappa shape index (κ2) is 11.8. The average Bonchev–Trinajstić information content (AvgIpc) is 3.32. The van der Waals surface area contributed by atoms with Crippen LogP contribution in [0.25, 0.3) is 31.8 Å². The molecule has 0 atom stereocenters. The van der Waals surface area contributed by atoms with E-state index in [0.717, 1.165) is 48.7 Å². The van der Waals surface area contributed by atoms with Gasteiger partial charge in [0.1, 0.15) is 12.4 Å². The monoisotopic (exact) mass is 529 g/mol. The molecule has 0 aliphatic rings. The molecule has 0 amide bonds. The summed E-state index contributed by atoms with van der Waals surface area (Å²) in [5.74, 6) is 1.33. The summed E-state index contributed by atoms with van der Waals surface area (Å²) in [7, 11) is 0. The predicted molar refractivity (Wildman–Crippen MR) is 159 cm³/mol. The predicted octanol–water partition coefficient (Wildman–Crippen LogP) is 6.65. The summed E-state index contributed by atoms with van der Waals surface area (Å²) in [4.78, 5) is 10.4. The minimum absolute atomic E-state index is 0.208. The van der Waals surface area contributed by atoms with Crippen molar-refractivity contribution in [3.05, 3.63) is 72.1 Å². The summed E-state index contributed by atoms with van der Waals surface area (Å²) >= 11 is 1.71. The van der Waals surface area contributed by atoms with Gasteiger partial charge in [0, 0.05) is 41.5 Å². The highest BCUT2D eigenvalue weighted by Gasteiger charge is 2.18. The molecule has 0 saturated heterocycles. The van der Waals surface area contributed by atoms with Crippen molar-refractivity contribution in [2.24, 2.45) is 5.10 Å². The molecule has 2 heterocycles. The summed E-state index contributed by atoms with van der Waals surface area (Å²) in [6.45, 7) is 14.6. The zero-order valence-electron chi connectivity index (χ0n) is 22.7. The van der Waals surface area contributed by atoms with Gasteiger partial charge in [0.25, 0.3) is 0 Å². The lowest BCUT2D eigenvalue weighted by Crippen LogP contribution is -2.28. The number of fused-ring (bicyclic) bond motifs is 1. The molecule has 2 aromatic heterocycles. The summed E-state index contributed by atoms with van der Waals surface area (Å²) in [5.41, 5.74) is 4.25. The molecule has 0 saturated carbocycles. The van der Waals surface area contributed by atoms with Crippen LogP contribution in [0.15, 0.2) is 66.0 Å². The maximum absolute atomic E-state index is 10.2. The Morgan fingerprint density at radius 2 is 2.00 bits per heavy atom. The Morgan fingerprint density at radius 3 is 2.74 bits per heavy atom. The van der Waals surface area contributed by atoms with Crippen molar-refractivity contribution in [3.63, 3.8) is 0 Å². The van der Waals surface area contributed by atoms with Gasteiger partial charge in [0.15, 0.2) is 0 Å². The van der Waals surface area contributed by atoms with Crippen LogP contribution in [-0.4, -0.2) is 52.1 Å². The second-order valence-electron chi connectivity index (χ2n) is 9.87. The molecule has 0 fully saturated rings. The third kappa shape index (κ3) is 6.57. The van der Waals surface area contributed by atoms with Crippen LogP contribution >= 0.6 is 11.3 Å². The van der Waals surface area contributed by atoms with Gasteiger partial charge in [-0.05, 0) is 63.8 Å². The summed E-state index contributed by atoms with van der Waals surface area (Å²) in [5, 5.41) is 20.4. The average molecular weight is 530 g/mol. The van der Waals surface area contributed by atoms with Gasteiger partial charge < -0.3 is 15.2 Å². The Balaban J connectivity index is 1.67. The van der Waals surface area contributed by atoms with Crippen molar-refractivity contribution >= 4 is 34.1 Å². The first kappa shape index (κ1) is 27.3. The van der Waals surface area contributed by atoms with Crippen LogP contribution in [-0.2, 0) is 0 Å². The van der Waals surface area contributed by atoms with E-state index in [-0.39, 0.29) is 6.61 Å². The molecule has 0 bridgehead atoms. The van der Waals surface area contributed by atoms with E-state index >= 15 is 0 Å². The summed E-state index contributed by atoms with van der Waals surface area (Å²) < 4.78 is 7.23. The number of hydrogen-bond acceptors (Lipinski definition) is 8. The maximum Gasteiger partial charge on any atom is 0.223 e. The smallest absolute Gasteiger partial charge is 0.223 e. The van der Waals surface area contributed by atoms with E-state index in [1.807, 2.05) is 44.5 Å². The molecule has 198 valence electrons. The number of anilines is 1. The first-order chi connectivity index (χ1) is 18.2. The SMILES string of the molecule is C=NN(/C=C\C)CCNc1ncc(C)c(-c2cc3cccc(-c4cc(C)ccc4OCC(C)(C)O)c3s2)n1. The van der Waals surface area contributed by atoms with Crippen molar-refractivity contribution in [2.75, 3.05) is 25.0 Å². The van der Waals surface area contributed by atoms with E-state index < -0.39 is 5.60 Å².